The Kier molecular flexibility index (Phi) is 4.90. The third-order valence-corrected chi connectivity index (χ3v) is 4.85. The Morgan fingerprint density at radius 3 is 2.88 bits per heavy atom. The van der Waals surface area contributed by atoms with Gasteiger partial charge in [-0.1, -0.05) is 30.3 Å². The van der Waals surface area contributed by atoms with Gasteiger partial charge in [-0.15, -0.1) is 0 Å². The van der Waals surface area contributed by atoms with E-state index in [9.17, 15) is 4.79 Å². The van der Waals surface area contributed by atoms with Crippen molar-refractivity contribution in [3.63, 3.8) is 0 Å². The highest BCUT2D eigenvalue weighted by Gasteiger charge is 2.43. The summed E-state index contributed by atoms with van der Waals surface area (Å²) in [5.41, 5.74) is 1.82. The van der Waals surface area contributed by atoms with Crippen molar-refractivity contribution in [3.05, 3.63) is 48.3 Å². The Hall–Kier alpha value is -2.38. The van der Waals surface area contributed by atoms with Crippen molar-refractivity contribution in [2.75, 3.05) is 18.5 Å². The molecule has 138 valence electrons. The number of benzene rings is 1. The summed E-state index contributed by atoms with van der Waals surface area (Å²) >= 11 is 0. The van der Waals surface area contributed by atoms with Crippen LogP contribution in [0, 0.1) is 0 Å². The lowest BCUT2D eigenvalue weighted by Crippen LogP contribution is -2.37. The van der Waals surface area contributed by atoms with Crippen molar-refractivity contribution in [2.45, 2.75) is 44.1 Å². The summed E-state index contributed by atoms with van der Waals surface area (Å²) in [6, 6.07) is 9.80. The van der Waals surface area contributed by atoms with Gasteiger partial charge in [0.15, 0.2) is 5.79 Å². The number of carbonyl (C=O) groups is 1. The zero-order valence-corrected chi connectivity index (χ0v) is 14.7. The van der Waals surface area contributed by atoms with Crippen molar-refractivity contribution in [1.82, 2.24) is 15.1 Å². The summed E-state index contributed by atoms with van der Waals surface area (Å²) in [5.74, 6) is -0.387. The fraction of sp³-hybridized carbons (Fsp3) is 0.474. The van der Waals surface area contributed by atoms with E-state index in [2.05, 4.69) is 15.7 Å². The zero-order chi connectivity index (χ0) is 17.8. The monoisotopic (exact) mass is 356 g/mol. The Morgan fingerprint density at radius 1 is 1.27 bits per heavy atom. The zero-order valence-electron chi connectivity index (χ0n) is 14.7. The number of carbonyl (C=O) groups excluding carboxylic acids is 1. The van der Waals surface area contributed by atoms with Crippen molar-refractivity contribution >= 4 is 11.7 Å². The highest BCUT2D eigenvalue weighted by atomic mass is 16.7. The van der Waals surface area contributed by atoms with Crippen molar-refractivity contribution in [3.8, 4) is 0 Å². The van der Waals surface area contributed by atoms with E-state index in [4.69, 9.17) is 9.47 Å². The summed E-state index contributed by atoms with van der Waals surface area (Å²) in [5, 5.41) is 9.93. The molecule has 1 saturated carbocycles. The van der Waals surface area contributed by atoms with Gasteiger partial charge in [0.25, 0.3) is 0 Å². The lowest BCUT2D eigenvalue weighted by Gasteiger charge is -2.21. The molecule has 1 aliphatic heterocycles. The van der Waals surface area contributed by atoms with Crippen LogP contribution in [0.15, 0.2) is 42.7 Å². The molecule has 4 rings (SSSR count). The number of aromatic nitrogens is 2. The molecule has 1 atom stereocenters. The second kappa shape index (κ2) is 7.47. The third kappa shape index (κ3) is 4.05. The molecule has 7 nitrogen and oxygen atoms in total. The molecule has 1 aromatic carbocycles. The molecule has 1 aliphatic carbocycles. The van der Waals surface area contributed by atoms with Crippen molar-refractivity contribution < 1.29 is 14.3 Å². The van der Waals surface area contributed by atoms with Crippen LogP contribution in [-0.2, 0) is 16.0 Å². The standard InChI is InChI=1S/C19H24N4O3/c24-18(20-11-17-14-25-19(26-17)8-4-5-9-19)22-16-10-21-23(13-16)12-15-6-2-1-3-7-15/h1-3,6-7,10,13,17H,4-5,8-9,11-12,14H2,(H2,20,22,24). The van der Waals surface area contributed by atoms with Gasteiger partial charge in [0.2, 0.25) is 0 Å². The molecule has 7 heteroatoms. The normalized spacial score (nSPS) is 21.2. The maximum atomic E-state index is 12.1. The Labute approximate surface area is 152 Å². The van der Waals surface area contributed by atoms with Gasteiger partial charge in [0, 0.05) is 25.6 Å². The van der Waals surface area contributed by atoms with Gasteiger partial charge >= 0.3 is 6.03 Å². The minimum absolute atomic E-state index is 0.0837. The molecule has 1 aromatic heterocycles. The van der Waals surface area contributed by atoms with E-state index < -0.39 is 0 Å². The summed E-state index contributed by atoms with van der Waals surface area (Å²) < 4.78 is 13.6. The Morgan fingerprint density at radius 2 is 2.08 bits per heavy atom. The summed E-state index contributed by atoms with van der Waals surface area (Å²) in [6.07, 6.45) is 7.58. The molecule has 1 spiro atoms. The molecule has 26 heavy (non-hydrogen) atoms. The van der Waals surface area contributed by atoms with Crippen LogP contribution >= 0.6 is 0 Å². The molecule has 2 heterocycles. The molecule has 2 aliphatic rings. The second-order valence-electron chi connectivity index (χ2n) is 6.92. The molecular weight excluding hydrogens is 332 g/mol. The van der Waals surface area contributed by atoms with E-state index >= 15 is 0 Å². The minimum atomic E-state index is -0.387. The highest BCUT2D eigenvalue weighted by molar-refractivity contribution is 5.88. The van der Waals surface area contributed by atoms with Crippen LogP contribution in [0.3, 0.4) is 0 Å². The van der Waals surface area contributed by atoms with Gasteiger partial charge in [-0.2, -0.15) is 5.10 Å². The van der Waals surface area contributed by atoms with Crippen LogP contribution < -0.4 is 10.6 Å². The van der Waals surface area contributed by atoms with Crippen LogP contribution in [-0.4, -0.2) is 40.9 Å². The lowest BCUT2D eigenvalue weighted by atomic mass is 10.2. The summed E-state index contributed by atoms with van der Waals surface area (Å²) in [6.45, 7) is 1.64. The molecule has 2 aromatic rings. The highest BCUT2D eigenvalue weighted by Crippen LogP contribution is 2.38. The van der Waals surface area contributed by atoms with Gasteiger partial charge in [-0.05, 0) is 18.4 Å². The number of ether oxygens (including phenoxy) is 2. The summed E-state index contributed by atoms with van der Waals surface area (Å²) in [7, 11) is 0. The van der Waals surface area contributed by atoms with Gasteiger partial charge in [-0.3, -0.25) is 4.68 Å². The molecule has 2 N–H and O–H groups in total. The van der Waals surface area contributed by atoms with E-state index in [0.717, 1.165) is 31.2 Å². The fourth-order valence-corrected chi connectivity index (χ4v) is 3.56. The predicted molar refractivity (Wildman–Crippen MR) is 96.8 cm³/mol. The molecular formula is C19H24N4O3. The summed E-state index contributed by atoms with van der Waals surface area (Å²) in [4.78, 5) is 12.1. The molecule has 0 bridgehead atoms. The number of nitrogens with zero attached hydrogens (tertiary/aromatic N) is 2. The number of rotatable bonds is 5. The predicted octanol–water partition coefficient (Wildman–Crippen LogP) is 2.74. The molecule has 2 fully saturated rings. The first-order valence-electron chi connectivity index (χ1n) is 9.14. The van der Waals surface area contributed by atoms with Gasteiger partial charge in [0.1, 0.15) is 6.10 Å². The van der Waals surface area contributed by atoms with E-state index in [1.165, 1.54) is 0 Å². The first-order chi connectivity index (χ1) is 12.7. The number of nitrogens with one attached hydrogen (secondary N) is 2. The Bertz CT molecular complexity index is 740. The van der Waals surface area contributed by atoms with Crippen LogP contribution in [0.2, 0.25) is 0 Å². The number of urea groups is 1. The number of hydrogen-bond donors (Lipinski definition) is 2. The smallest absolute Gasteiger partial charge is 0.319 e. The van der Waals surface area contributed by atoms with Crippen LogP contribution in [0.5, 0.6) is 0 Å². The van der Waals surface area contributed by atoms with Crippen LogP contribution in [0.4, 0.5) is 10.5 Å². The minimum Gasteiger partial charge on any atom is -0.347 e. The average Bonchev–Trinajstić information content (AvgIpc) is 3.38. The lowest BCUT2D eigenvalue weighted by molar-refractivity contribution is -0.160. The molecule has 1 saturated heterocycles. The van der Waals surface area contributed by atoms with Crippen molar-refractivity contribution in [1.29, 1.82) is 0 Å². The van der Waals surface area contributed by atoms with E-state index in [1.807, 2.05) is 36.5 Å². The quantitative estimate of drug-likeness (QED) is 0.864. The van der Waals surface area contributed by atoms with Gasteiger partial charge in [-0.25, -0.2) is 4.79 Å². The maximum Gasteiger partial charge on any atom is 0.319 e. The van der Waals surface area contributed by atoms with Crippen LogP contribution in [0.1, 0.15) is 31.2 Å². The topological polar surface area (TPSA) is 77.4 Å². The third-order valence-electron chi connectivity index (χ3n) is 4.85. The molecule has 2 amide bonds. The van der Waals surface area contributed by atoms with Crippen LogP contribution in [0.25, 0.3) is 0 Å². The van der Waals surface area contributed by atoms with Crippen molar-refractivity contribution in [2.24, 2.45) is 0 Å². The second-order valence-corrected chi connectivity index (χ2v) is 6.92. The first kappa shape index (κ1) is 17.1. The maximum absolute atomic E-state index is 12.1. The molecule has 0 radical (unpaired) electrons. The SMILES string of the molecule is O=C(NCC1COC2(CCCC2)O1)Nc1cnn(Cc2ccccc2)c1. The molecule has 1 unspecified atom stereocenters. The number of anilines is 1. The first-order valence-corrected chi connectivity index (χ1v) is 9.14. The largest absolute Gasteiger partial charge is 0.347 e. The van der Waals surface area contributed by atoms with E-state index in [1.54, 1.807) is 10.9 Å². The van der Waals surface area contributed by atoms with Gasteiger partial charge < -0.3 is 20.1 Å². The van der Waals surface area contributed by atoms with E-state index in [0.29, 0.717) is 25.4 Å². The fourth-order valence-electron chi connectivity index (χ4n) is 3.56. The average molecular weight is 356 g/mol. The van der Waals surface area contributed by atoms with E-state index in [-0.39, 0.29) is 17.9 Å². The van der Waals surface area contributed by atoms with Gasteiger partial charge in [0.05, 0.1) is 25.0 Å². The number of amides is 2. The Balaban J connectivity index is 1.23. The number of hydrogen-bond acceptors (Lipinski definition) is 4.